The molecule has 2 atom stereocenters. The van der Waals surface area contributed by atoms with Crippen LogP contribution >= 0.6 is 11.6 Å². The number of carbonyl (C=O) groups is 1. The molecule has 0 spiro atoms. The van der Waals surface area contributed by atoms with Crippen molar-refractivity contribution in [3.8, 4) is 0 Å². The van der Waals surface area contributed by atoms with Crippen molar-refractivity contribution in [2.75, 3.05) is 5.32 Å². The van der Waals surface area contributed by atoms with Gasteiger partial charge in [0.25, 0.3) is 0 Å². The third kappa shape index (κ3) is 4.03. The molecule has 3 rings (SSSR count). The van der Waals surface area contributed by atoms with E-state index in [4.69, 9.17) is 16.0 Å². The fraction of sp³-hybridized carbons (Fsp3) is 0.250. The van der Waals surface area contributed by atoms with Gasteiger partial charge in [-0.3, -0.25) is 10.1 Å². The van der Waals surface area contributed by atoms with Crippen molar-refractivity contribution >= 4 is 34.2 Å². The van der Waals surface area contributed by atoms with Gasteiger partial charge in [0.05, 0.1) is 12.1 Å². The second kappa shape index (κ2) is 7.30. The molecular weight excluding hydrogens is 336 g/mol. The fourth-order valence-corrected chi connectivity index (χ4v) is 2.89. The molecular formula is C20H21ClN2O2. The molecule has 0 saturated heterocycles. The number of halogens is 1. The molecule has 0 fully saturated rings. The lowest BCUT2D eigenvalue weighted by molar-refractivity contribution is -0.118. The number of carbonyl (C=O) groups excluding carboxylic acids is 1. The first-order chi connectivity index (χ1) is 11.9. The molecule has 0 saturated carbocycles. The first kappa shape index (κ1) is 17.5. The van der Waals surface area contributed by atoms with Gasteiger partial charge >= 0.3 is 0 Å². The summed E-state index contributed by atoms with van der Waals surface area (Å²) in [5.74, 6) is 0.688. The summed E-state index contributed by atoms with van der Waals surface area (Å²) in [6.07, 6.45) is 0. The molecule has 0 aliphatic carbocycles. The SMILES string of the molecule is Cc1ccc(Cl)cc1NC(=O)C(C)NC(C)c1cc2ccccc2o1. The lowest BCUT2D eigenvalue weighted by Crippen LogP contribution is -2.39. The molecule has 2 N–H and O–H groups in total. The van der Waals surface area contributed by atoms with Crippen LogP contribution in [0.4, 0.5) is 5.69 Å². The first-order valence-corrected chi connectivity index (χ1v) is 8.63. The number of furan rings is 1. The number of anilines is 1. The van der Waals surface area contributed by atoms with E-state index >= 15 is 0 Å². The summed E-state index contributed by atoms with van der Waals surface area (Å²) in [6.45, 7) is 5.74. The van der Waals surface area contributed by atoms with Gasteiger partial charge in [-0.2, -0.15) is 0 Å². The van der Waals surface area contributed by atoms with Gasteiger partial charge < -0.3 is 9.73 Å². The van der Waals surface area contributed by atoms with Gasteiger partial charge in [0.15, 0.2) is 0 Å². The van der Waals surface area contributed by atoms with Crippen LogP contribution in [0.25, 0.3) is 11.0 Å². The van der Waals surface area contributed by atoms with E-state index in [9.17, 15) is 4.79 Å². The molecule has 0 aliphatic rings. The van der Waals surface area contributed by atoms with E-state index in [0.29, 0.717) is 5.02 Å². The first-order valence-electron chi connectivity index (χ1n) is 8.25. The summed E-state index contributed by atoms with van der Waals surface area (Å²) in [6, 6.07) is 14.8. The molecule has 1 amide bonds. The number of aryl methyl sites for hydroxylation is 1. The maximum absolute atomic E-state index is 12.5. The summed E-state index contributed by atoms with van der Waals surface area (Å²) in [4.78, 5) is 12.5. The van der Waals surface area contributed by atoms with Crippen LogP contribution in [0.3, 0.4) is 0 Å². The van der Waals surface area contributed by atoms with Crippen LogP contribution in [0.2, 0.25) is 5.02 Å². The summed E-state index contributed by atoms with van der Waals surface area (Å²) >= 11 is 6.00. The predicted molar refractivity (Wildman–Crippen MR) is 102 cm³/mol. The largest absolute Gasteiger partial charge is 0.459 e. The van der Waals surface area contributed by atoms with E-state index in [-0.39, 0.29) is 18.0 Å². The normalized spacial score (nSPS) is 13.6. The maximum atomic E-state index is 12.5. The van der Waals surface area contributed by atoms with Crippen LogP contribution in [0.5, 0.6) is 0 Å². The Morgan fingerprint density at radius 3 is 2.64 bits per heavy atom. The molecule has 1 heterocycles. The number of fused-ring (bicyclic) bond motifs is 1. The van der Waals surface area contributed by atoms with Crippen LogP contribution in [0, 0.1) is 6.92 Å². The second-order valence-electron chi connectivity index (χ2n) is 6.25. The average molecular weight is 357 g/mol. The zero-order chi connectivity index (χ0) is 18.0. The lowest BCUT2D eigenvalue weighted by atomic mass is 10.1. The zero-order valence-corrected chi connectivity index (χ0v) is 15.2. The summed E-state index contributed by atoms with van der Waals surface area (Å²) in [5.41, 5.74) is 2.54. The van der Waals surface area contributed by atoms with Gasteiger partial charge in [-0.1, -0.05) is 35.9 Å². The van der Waals surface area contributed by atoms with Gasteiger partial charge in [0.2, 0.25) is 5.91 Å². The second-order valence-corrected chi connectivity index (χ2v) is 6.68. The number of hydrogen-bond donors (Lipinski definition) is 2. The number of benzene rings is 2. The average Bonchev–Trinajstić information content (AvgIpc) is 3.02. The molecule has 0 bridgehead atoms. The van der Waals surface area contributed by atoms with Crippen molar-refractivity contribution < 1.29 is 9.21 Å². The highest BCUT2D eigenvalue weighted by atomic mass is 35.5. The van der Waals surface area contributed by atoms with Crippen LogP contribution in [0.15, 0.2) is 52.9 Å². The Hall–Kier alpha value is -2.30. The standard InChI is InChI=1S/C20H21ClN2O2/c1-12-8-9-16(21)11-17(12)23-20(24)14(3)22-13(2)19-10-15-6-4-5-7-18(15)25-19/h4-11,13-14,22H,1-3H3,(H,23,24). The topological polar surface area (TPSA) is 54.3 Å². The Kier molecular flexibility index (Phi) is 5.11. The number of para-hydroxylation sites is 1. The lowest BCUT2D eigenvalue weighted by Gasteiger charge is -2.19. The highest BCUT2D eigenvalue weighted by Gasteiger charge is 2.19. The Morgan fingerprint density at radius 2 is 1.88 bits per heavy atom. The van der Waals surface area contributed by atoms with Crippen molar-refractivity contribution in [3.63, 3.8) is 0 Å². The molecule has 0 radical (unpaired) electrons. The van der Waals surface area contributed by atoms with Gasteiger partial charge in [-0.15, -0.1) is 0 Å². The zero-order valence-electron chi connectivity index (χ0n) is 14.5. The van der Waals surface area contributed by atoms with E-state index in [1.807, 2.05) is 57.2 Å². The minimum atomic E-state index is -0.387. The van der Waals surface area contributed by atoms with Crippen molar-refractivity contribution in [2.45, 2.75) is 32.9 Å². The van der Waals surface area contributed by atoms with Crippen LogP contribution < -0.4 is 10.6 Å². The monoisotopic (exact) mass is 356 g/mol. The van der Waals surface area contributed by atoms with Crippen molar-refractivity contribution in [1.29, 1.82) is 0 Å². The van der Waals surface area contributed by atoms with Crippen molar-refractivity contribution in [1.82, 2.24) is 5.32 Å². The molecule has 3 aromatic rings. The van der Waals surface area contributed by atoms with E-state index < -0.39 is 0 Å². The quantitative estimate of drug-likeness (QED) is 0.670. The van der Waals surface area contributed by atoms with Gasteiger partial charge in [0, 0.05) is 16.1 Å². The van der Waals surface area contributed by atoms with Gasteiger partial charge in [0.1, 0.15) is 11.3 Å². The van der Waals surface area contributed by atoms with Gasteiger partial charge in [-0.05, 0) is 50.6 Å². The third-order valence-electron chi connectivity index (χ3n) is 4.22. The molecule has 4 nitrogen and oxygen atoms in total. The van der Waals surface area contributed by atoms with E-state index in [1.54, 1.807) is 12.1 Å². The van der Waals surface area contributed by atoms with Crippen LogP contribution in [0.1, 0.15) is 31.2 Å². The Balaban J connectivity index is 1.67. The molecule has 0 aliphatic heterocycles. The molecule has 5 heteroatoms. The summed E-state index contributed by atoms with van der Waals surface area (Å²) in [5, 5.41) is 7.84. The van der Waals surface area contributed by atoms with E-state index in [2.05, 4.69) is 10.6 Å². The Labute approximate surface area is 152 Å². The molecule has 1 aromatic heterocycles. The van der Waals surface area contributed by atoms with E-state index in [1.165, 1.54) is 0 Å². The third-order valence-corrected chi connectivity index (χ3v) is 4.46. The highest BCUT2D eigenvalue weighted by Crippen LogP contribution is 2.24. The fourth-order valence-electron chi connectivity index (χ4n) is 2.72. The molecule has 25 heavy (non-hydrogen) atoms. The van der Waals surface area contributed by atoms with E-state index in [0.717, 1.165) is 28.0 Å². The summed E-state index contributed by atoms with van der Waals surface area (Å²) < 4.78 is 5.85. The van der Waals surface area contributed by atoms with Crippen molar-refractivity contribution in [3.05, 3.63) is 64.9 Å². The van der Waals surface area contributed by atoms with Gasteiger partial charge in [-0.25, -0.2) is 0 Å². The van der Waals surface area contributed by atoms with Crippen LogP contribution in [-0.2, 0) is 4.79 Å². The highest BCUT2D eigenvalue weighted by molar-refractivity contribution is 6.31. The smallest absolute Gasteiger partial charge is 0.241 e. The number of amides is 1. The molecule has 2 unspecified atom stereocenters. The summed E-state index contributed by atoms with van der Waals surface area (Å²) in [7, 11) is 0. The predicted octanol–water partition coefficient (Wildman–Crippen LogP) is 5.07. The molecule has 130 valence electrons. The number of rotatable bonds is 5. The molecule has 2 aromatic carbocycles. The number of nitrogens with one attached hydrogen (secondary N) is 2. The maximum Gasteiger partial charge on any atom is 0.241 e. The minimum absolute atomic E-state index is 0.0893. The van der Waals surface area contributed by atoms with Crippen molar-refractivity contribution in [2.24, 2.45) is 0 Å². The Bertz CT molecular complexity index is 871. The Morgan fingerprint density at radius 1 is 1.12 bits per heavy atom. The number of hydrogen-bond acceptors (Lipinski definition) is 3. The van der Waals surface area contributed by atoms with Crippen LogP contribution in [-0.4, -0.2) is 11.9 Å². The minimum Gasteiger partial charge on any atom is -0.459 e.